The number of rotatable bonds is 5. The fourth-order valence-electron chi connectivity index (χ4n) is 2.43. The van der Waals surface area contributed by atoms with E-state index in [1.807, 2.05) is 54.5 Å². The monoisotopic (exact) mass is 314 g/mol. The summed E-state index contributed by atoms with van der Waals surface area (Å²) in [5.41, 5.74) is 7.33. The van der Waals surface area contributed by atoms with Crippen molar-refractivity contribution in [2.24, 2.45) is 12.8 Å². The highest BCUT2D eigenvalue weighted by Crippen LogP contribution is 2.22. The van der Waals surface area contributed by atoms with E-state index in [-0.39, 0.29) is 5.56 Å². The van der Waals surface area contributed by atoms with E-state index in [2.05, 4.69) is 5.10 Å². The van der Waals surface area contributed by atoms with E-state index in [0.717, 1.165) is 21.4 Å². The highest BCUT2D eigenvalue weighted by atomic mass is 32.2. The number of hydrogen-bond donors (Lipinski definition) is 1. The molecule has 2 aromatic heterocycles. The third-order valence-corrected chi connectivity index (χ3v) is 4.57. The zero-order valence-electron chi connectivity index (χ0n) is 12.4. The molecule has 3 aromatic rings. The number of hydrogen-bond acceptors (Lipinski definition) is 4. The molecule has 0 saturated carbocycles. The third-order valence-electron chi connectivity index (χ3n) is 3.57. The van der Waals surface area contributed by atoms with Crippen LogP contribution in [0.4, 0.5) is 0 Å². The quantitative estimate of drug-likeness (QED) is 0.731. The van der Waals surface area contributed by atoms with E-state index >= 15 is 0 Å². The molecule has 0 amide bonds. The van der Waals surface area contributed by atoms with Gasteiger partial charge in [0.05, 0.1) is 18.3 Å². The lowest BCUT2D eigenvalue weighted by Gasteiger charge is -2.08. The maximum atomic E-state index is 12.4. The SMILES string of the molecule is Cn1c(=O)c(CSc2cnn(CCN)c2)cc2ccccc21. The van der Waals surface area contributed by atoms with Gasteiger partial charge in [0, 0.05) is 36.0 Å². The Morgan fingerprint density at radius 1 is 1.32 bits per heavy atom. The summed E-state index contributed by atoms with van der Waals surface area (Å²) >= 11 is 1.61. The van der Waals surface area contributed by atoms with Crippen LogP contribution in [-0.2, 0) is 19.3 Å². The fraction of sp³-hybridized carbons (Fsp3) is 0.250. The highest BCUT2D eigenvalue weighted by molar-refractivity contribution is 7.98. The molecule has 3 rings (SSSR count). The zero-order valence-corrected chi connectivity index (χ0v) is 13.2. The van der Waals surface area contributed by atoms with E-state index in [4.69, 9.17) is 5.73 Å². The zero-order chi connectivity index (χ0) is 15.5. The number of nitrogens with zero attached hydrogens (tertiary/aromatic N) is 3. The Bertz CT molecular complexity index is 853. The molecular weight excluding hydrogens is 296 g/mol. The van der Waals surface area contributed by atoms with Gasteiger partial charge in [-0.1, -0.05) is 18.2 Å². The predicted molar refractivity (Wildman–Crippen MR) is 90.0 cm³/mol. The lowest BCUT2D eigenvalue weighted by atomic mass is 10.1. The van der Waals surface area contributed by atoms with E-state index < -0.39 is 0 Å². The predicted octanol–water partition coefficient (Wildman–Crippen LogP) is 1.99. The van der Waals surface area contributed by atoms with Crippen molar-refractivity contribution in [3.63, 3.8) is 0 Å². The van der Waals surface area contributed by atoms with E-state index in [9.17, 15) is 4.79 Å². The van der Waals surface area contributed by atoms with Crippen molar-refractivity contribution in [3.05, 3.63) is 58.6 Å². The van der Waals surface area contributed by atoms with Gasteiger partial charge >= 0.3 is 0 Å². The average Bonchev–Trinajstić information content (AvgIpc) is 2.97. The molecule has 2 N–H and O–H groups in total. The van der Waals surface area contributed by atoms with Crippen LogP contribution in [0, 0.1) is 0 Å². The van der Waals surface area contributed by atoms with Crippen molar-refractivity contribution in [3.8, 4) is 0 Å². The summed E-state index contributed by atoms with van der Waals surface area (Å²) in [5, 5.41) is 5.32. The van der Waals surface area contributed by atoms with Crippen molar-refractivity contribution in [2.75, 3.05) is 6.54 Å². The number of benzene rings is 1. The van der Waals surface area contributed by atoms with E-state index in [1.54, 1.807) is 16.3 Å². The van der Waals surface area contributed by atoms with E-state index in [1.165, 1.54) is 0 Å². The van der Waals surface area contributed by atoms with Crippen LogP contribution in [0.5, 0.6) is 0 Å². The maximum Gasteiger partial charge on any atom is 0.254 e. The van der Waals surface area contributed by atoms with Crippen LogP contribution < -0.4 is 11.3 Å². The summed E-state index contributed by atoms with van der Waals surface area (Å²) in [5.74, 6) is 0.631. The lowest BCUT2D eigenvalue weighted by Crippen LogP contribution is -2.20. The van der Waals surface area contributed by atoms with Crippen LogP contribution in [0.2, 0.25) is 0 Å². The lowest BCUT2D eigenvalue weighted by molar-refractivity contribution is 0.624. The molecule has 0 aliphatic rings. The minimum absolute atomic E-state index is 0.0561. The standard InChI is InChI=1S/C16H18N4OS/c1-19-15-5-3-2-4-12(15)8-13(16(19)21)11-22-14-9-18-20(10-14)7-6-17/h2-5,8-10H,6-7,11,17H2,1H3. The Balaban J connectivity index is 1.84. The Morgan fingerprint density at radius 2 is 2.14 bits per heavy atom. The topological polar surface area (TPSA) is 65.8 Å². The number of nitrogens with two attached hydrogens (primary N) is 1. The molecule has 22 heavy (non-hydrogen) atoms. The molecular formula is C16H18N4OS. The summed E-state index contributed by atoms with van der Waals surface area (Å²) < 4.78 is 3.53. The molecule has 0 saturated heterocycles. The Morgan fingerprint density at radius 3 is 2.95 bits per heavy atom. The average molecular weight is 314 g/mol. The Kier molecular flexibility index (Phi) is 4.31. The van der Waals surface area contributed by atoms with Crippen LogP contribution in [0.25, 0.3) is 10.9 Å². The Labute approximate surface area is 132 Å². The number of aromatic nitrogens is 3. The number of aryl methyl sites for hydroxylation is 1. The van der Waals surface area contributed by atoms with Gasteiger partial charge in [0.1, 0.15) is 0 Å². The second-order valence-electron chi connectivity index (χ2n) is 5.11. The second-order valence-corrected chi connectivity index (χ2v) is 6.16. The van der Waals surface area contributed by atoms with Crippen molar-refractivity contribution < 1.29 is 0 Å². The first-order chi connectivity index (χ1) is 10.7. The number of fused-ring (bicyclic) bond motifs is 1. The van der Waals surface area contributed by atoms with Gasteiger partial charge in [0.2, 0.25) is 0 Å². The first-order valence-corrected chi connectivity index (χ1v) is 8.10. The van der Waals surface area contributed by atoms with Crippen LogP contribution in [-0.4, -0.2) is 20.9 Å². The van der Waals surface area contributed by atoms with Crippen LogP contribution in [0.15, 0.2) is 52.4 Å². The summed E-state index contributed by atoms with van der Waals surface area (Å²) in [7, 11) is 1.82. The Hall–Kier alpha value is -2.05. The smallest absolute Gasteiger partial charge is 0.254 e. The molecule has 5 nitrogen and oxygen atoms in total. The molecule has 0 atom stereocenters. The second kappa shape index (κ2) is 6.37. The van der Waals surface area contributed by atoms with E-state index in [0.29, 0.717) is 18.8 Å². The number of thioether (sulfide) groups is 1. The first kappa shape index (κ1) is 14.9. The molecule has 0 fully saturated rings. The van der Waals surface area contributed by atoms with Gasteiger partial charge < -0.3 is 10.3 Å². The molecule has 114 valence electrons. The number of pyridine rings is 1. The minimum Gasteiger partial charge on any atom is -0.329 e. The van der Waals surface area contributed by atoms with Gasteiger partial charge in [0.25, 0.3) is 5.56 Å². The molecule has 6 heteroatoms. The van der Waals surface area contributed by atoms with Crippen LogP contribution in [0.3, 0.4) is 0 Å². The molecule has 0 bridgehead atoms. The van der Waals surface area contributed by atoms with Gasteiger partial charge in [0.15, 0.2) is 0 Å². The summed E-state index contributed by atoms with van der Waals surface area (Å²) in [4.78, 5) is 13.5. The minimum atomic E-state index is 0.0561. The first-order valence-electron chi connectivity index (χ1n) is 7.12. The molecule has 2 heterocycles. The molecule has 0 aliphatic heterocycles. The molecule has 0 spiro atoms. The van der Waals surface area contributed by atoms with Crippen LogP contribution in [0.1, 0.15) is 5.56 Å². The number of para-hydroxylation sites is 1. The van der Waals surface area contributed by atoms with Gasteiger partial charge in [-0.3, -0.25) is 9.48 Å². The largest absolute Gasteiger partial charge is 0.329 e. The van der Waals surface area contributed by atoms with Crippen molar-refractivity contribution in [1.29, 1.82) is 0 Å². The van der Waals surface area contributed by atoms with Crippen molar-refractivity contribution in [1.82, 2.24) is 14.3 Å². The van der Waals surface area contributed by atoms with Gasteiger partial charge in [-0.25, -0.2) is 0 Å². The molecule has 0 unspecified atom stereocenters. The summed E-state index contributed by atoms with van der Waals surface area (Å²) in [6, 6.07) is 9.91. The van der Waals surface area contributed by atoms with Crippen molar-refractivity contribution >= 4 is 22.7 Å². The van der Waals surface area contributed by atoms with Crippen molar-refractivity contribution in [2.45, 2.75) is 17.2 Å². The third kappa shape index (κ3) is 2.93. The highest BCUT2D eigenvalue weighted by Gasteiger charge is 2.08. The molecule has 1 aromatic carbocycles. The van der Waals surface area contributed by atoms with Crippen LogP contribution >= 0.6 is 11.8 Å². The maximum absolute atomic E-state index is 12.4. The fourth-order valence-corrected chi connectivity index (χ4v) is 3.27. The van der Waals surface area contributed by atoms with Gasteiger partial charge in [-0.05, 0) is 17.5 Å². The van der Waals surface area contributed by atoms with Gasteiger partial charge in [-0.2, -0.15) is 5.10 Å². The summed E-state index contributed by atoms with van der Waals surface area (Å²) in [6.07, 6.45) is 3.77. The van der Waals surface area contributed by atoms with Gasteiger partial charge in [-0.15, -0.1) is 11.8 Å². The molecule has 0 radical (unpaired) electrons. The summed E-state index contributed by atoms with van der Waals surface area (Å²) in [6.45, 7) is 1.27. The normalized spacial score (nSPS) is 11.2. The molecule has 0 aliphatic carbocycles.